The fraction of sp³-hybridized carbons (Fsp3) is 0.0526. The number of hydrogen-bond donors (Lipinski definition) is 1. The molecule has 26 heavy (non-hydrogen) atoms. The summed E-state index contributed by atoms with van der Waals surface area (Å²) in [7, 11) is 0. The van der Waals surface area contributed by atoms with Gasteiger partial charge in [0.1, 0.15) is 0 Å². The fourth-order valence-corrected chi connectivity index (χ4v) is 2.75. The Labute approximate surface area is 154 Å². The number of pyridine rings is 2. The van der Waals surface area contributed by atoms with Crippen molar-refractivity contribution < 1.29 is 0 Å². The van der Waals surface area contributed by atoms with E-state index in [0.29, 0.717) is 28.4 Å². The molecule has 4 aromatic rings. The molecule has 128 valence electrons. The summed E-state index contributed by atoms with van der Waals surface area (Å²) in [6.45, 7) is 0.442. The van der Waals surface area contributed by atoms with Crippen molar-refractivity contribution in [3.8, 4) is 11.4 Å². The minimum Gasteiger partial charge on any atom is -0.317 e. The van der Waals surface area contributed by atoms with E-state index in [2.05, 4.69) is 20.4 Å². The fourth-order valence-electron chi connectivity index (χ4n) is 2.63. The number of benzene rings is 1. The van der Waals surface area contributed by atoms with Crippen LogP contribution in [-0.2, 0) is 6.54 Å². The van der Waals surface area contributed by atoms with Crippen molar-refractivity contribution in [2.75, 3.05) is 5.43 Å². The predicted molar refractivity (Wildman–Crippen MR) is 102 cm³/mol. The lowest BCUT2D eigenvalue weighted by Crippen LogP contribution is -2.31. The summed E-state index contributed by atoms with van der Waals surface area (Å²) in [5, 5.41) is 1.11. The zero-order valence-electron chi connectivity index (χ0n) is 13.6. The van der Waals surface area contributed by atoms with Gasteiger partial charge in [-0.3, -0.25) is 9.78 Å². The molecule has 0 fully saturated rings. The van der Waals surface area contributed by atoms with Gasteiger partial charge in [0.05, 0.1) is 11.9 Å². The maximum atomic E-state index is 13.0. The van der Waals surface area contributed by atoms with Gasteiger partial charge in [0.25, 0.3) is 5.56 Å². The van der Waals surface area contributed by atoms with Crippen molar-refractivity contribution in [1.29, 1.82) is 0 Å². The molecule has 3 aromatic heterocycles. The van der Waals surface area contributed by atoms with Crippen molar-refractivity contribution in [3.63, 3.8) is 0 Å². The lowest BCUT2D eigenvalue weighted by Gasteiger charge is -2.15. The number of nitrogens with zero attached hydrogens (tertiary/aromatic N) is 4. The van der Waals surface area contributed by atoms with E-state index in [1.807, 2.05) is 30.3 Å². The van der Waals surface area contributed by atoms with Crippen LogP contribution in [0.25, 0.3) is 22.4 Å². The number of rotatable bonds is 4. The van der Waals surface area contributed by atoms with Crippen molar-refractivity contribution in [1.82, 2.24) is 19.6 Å². The lowest BCUT2D eigenvalue weighted by molar-refractivity contribution is 0.799. The Hall–Kier alpha value is -3.25. The standard InChI is InChI=1S/C19H14ClN5O/c20-15-7-5-13(6-8-15)11-23-25-18(14-3-1-9-21-12-14)24-17-16(19(25)26)4-2-10-22-17/h1-10,12,23H,11H2. The normalized spacial score (nSPS) is 10.8. The molecule has 3 heterocycles. The van der Waals surface area contributed by atoms with Crippen molar-refractivity contribution in [2.24, 2.45) is 0 Å². The third-order valence-corrected chi connectivity index (χ3v) is 4.17. The van der Waals surface area contributed by atoms with Crippen LogP contribution < -0.4 is 11.0 Å². The molecule has 0 aliphatic rings. The van der Waals surface area contributed by atoms with E-state index in [0.717, 1.165) is 11.1 Å². The van der Waals surface area contributed by atoms with E-state index in [9.17, 15) is 4.79 Å². The Morgan fingerprint density at radius 1 is 1.04 bits per heavy atom. The Morgan fingerprint density at radius 3 is 2.62 bits per heavy atom. The van der Waals surface area contributed by atoms with E-state index in [1.165, 1.54) is 4.68 Å². The van der Waals surface area contributed by atoms with Crippen molar-refractivity contribution >= 4 is 22.6 Å². The van der Waals surface area contributed by atoms with Gasteiger partial charge >= 0.3 is 0 Å². The topological polar surface area (TPSA) is 72.7 Å². The summed E-state index contributed by atoms with van der Waals surface area (Å²) in [5.41, 5.74) is 5.06. The predicted octanol–water partition coefficient (Wildman–Crippen LogP) is 3.25. The van der Waals surface area contributed by atoms with Gasteiger partial charge in [0.2, 0.25) is 0 Å². The van der Waals surface area contributed by atoms with E-state index >= 15 is 0 Å². The van der Waals surface area contributed by atoms with Crippen molar-refractivity contribution in [3.05, 3.63) is 88.1 Å². The first-order valence-electron chi connectivity index (χ1n) is 7.99. The maximum Gasteiger partial charge on any atom is 0.281 e. The second-order valence-corrected chi connectivity index (χ2v) is 6.09. The van der Waals surface area contributed by atoms with E-state index in [4.69, 9.17) is 11.6 Å². The van der Waals surface area contributed by atoms with Crippen LogP contribution in [0.2, 0.25) is 5.02 Å². The molecule has 1 N–H and O–H groups in total. The number of nitrogens with one attached hydrogen (secondary N) is 1. The highest BCUT2D eigenvalue weighted by atomic mass is 35.5. The van der Waals surface area contributed by atoms with Crippen LogP contribution in [-0.4, -0.2) is 19.6 Å². The molecule has 7 heteroatoms. The summed E-state index contributed by atoms with van der Waals surface area (Å²) < 4.78 is 1.44. The molecule has 0 bridgehead atoms. The number of aromatic nitrogens is 4. The first kappa shape index (κ1) is 16.2. The van der Waals surface area contributed by atoms with Crippen LogP contribution in [0.5, 0.6) is 0 Å². The zero-order chi connectivity index (χ0) is 17.9. The second-order valence-electron chi connectivity index (χ2n) is 5.65. The summed E-state index contributed by atoms with van der Waals surface area (Å²) >= 11 is 5.93. The molecule has 0 saturated carbocycles. The number of halogens is 1. The Morgan fingerprint density at radius 2 is 1.85 bits per heavy atom. The molecule has 0 unspecified atom stereocenters. The van der Waals surface area contributed by atoms with Gasteiger partial charge in [0, 0.05) is 29.2 Å². The molecule has 1 aromatic carbocycles. The average Bonchev–Trinajstić information content (AvgIpc) is 2.69. The molecule has 0 aliphatic carbocycles. The molecular formula is C19H14ClN5O. The highest BCUT2D eigenvalue weighted by molar-refractivity contribution is 6.30. The van der Waals surface area contributed by atoms with E-state index < -0.39 is 0 Å². The first-order valence-corrected chi connectivity index (χ1v) is 8.37. The molecule has 0 atom stereocenters. The average molecular weight is 364 g/mol. The summed E-state index contributed by atoms with van der Waals surface area (Å²) in [6.07, 6.45) is 4.96. The number of fused-ring (bicyclic) bond motifs is 1. The second kappa shape index (κ2) is 6.93. The summed E-state index contributed by atoms with van der Waals surface area (Å²) in [6, 6.07) is 14.5. The maximum absolute atomic E-state index is 13.0. The molecule has 0 aliphatic heterocycles. The molecule has 0 amide bonds. The number of hydrogen-bond acceptors (Lipinski definition) is 5. The SMILES string of the molecule is O=c1c2cccnc2nc(-c2cccnc2)n1NCc1ccc(Cl)cc1. The Balaban J connectivity index is 1.81. The van der Waals surface area contributed by atoms with Gasteiger partial charge in [-0.1, -0.05) is 23.7 Å². The summed E-state index contributed by atoms with van der Waals surface area (Å²) in [4.78, 5) is 25.9. The minimum atomic E-state index is -0.212. The van der Waals surface area contributed by atoms with Gasteiger partial charge in [-0.05, 0) is 42.0 Å². The van der Waals surface area contributed by atoms with E-state index in [1.54, 1.807) is 36.8 Å². The molecular weight excluding hydrogens is 350 g/mol. The molecule has 0 radical (unpaired) electrons. The molecule has 6 nitrogen and oxygen atoms in total. The quantitative estimate of drug-likeness (QED) is 0.602. The Bertz CT molecular complexity index is 1110. The minimum absolute atomic E-state index is 0.212. The zero-order valence-corrected chi connectivity index (χ0v) is 14.4. The van der Waals surface area contributed by atoms with Crippen LogP contribution in [0.1, 0.15) is 5.56 Å². The Kier molecular flexibility index (Phi) is 4.33. The van der Waals surface area contributed by atoms with Gasteiger partial charge in [-0.15, -0.1) is 0 Å². The summed E-state index contributed by atoms with van der Waals surface area (Å²) in [5.74, 6) is 0.461. The smallest absolute Gasteiger partial charge is 0.281 e. The van der Waals surface area contributed by atoms with Crippen LogP contribution in [0.15, 0.2) is 71.9 Å². The van der Waals surface area contributed by atoms with Gasteiger partial charge < -0.3 is 5.43 Å². The van der Waals surface area contributed by atoms with Crippen LogP contribution in [0.3, 0.4) is 0 Å². The van der Waals surface area contributed by atoms with Crippen LogP contribution >= 0.6 is 11.6 Å². The third-order valence-electron chi connectivity index (χ3n) is 3.92. The highest BCUT2D eigenvalue weighted by Crippen LogP contribution is 2.16. The van der Waals surface area contributed by atoms with Gasteiger partial charge in [-0.2, -0.15) is 0 Å². The lowest BCUT2D eigenvalue weighted by atomic mass is 10.2. The van der Waals surface area contributed by atoms with Crippen molar-refractivity contribution in [2.45, 2.75) is 6.54 Å². The van der Waals surface area contributed by atoms with Crippen LogP contribution in [0.4, 0.5) is 0 Å². The largest absolute Gasteiger partial charge is 0.317 e. The van der Waals surface area contributed by atoms with Gasteiger partial charge in [-0.25, -0.2) is 14.6 Å². The molecule has 0 spiro atoms. The first-order chi connectivity index (χ1) is 12.7. The molecule has 4 rings (SSSR count). The third kappa shape index (κ3) is 3.14. The molecule has 0 saturated heterocycles. The van der Waals surface area contributed by atoms with Crippen LogP contribution in [0, 0.1) is 0 Å². The van der Waals surface area contributed by atoms with E-state index in [-0.39, 0.29) is 5.56 Å². The van der Waals surface area contributed by atoms with Gasteiger partial charge in [0.15, 0.2) is 11.5 Å². The highest BCUT2D eigenvalue weighted by Gasteiger charge is 2.13. The monoisotopic (exact) mass is 363 g/mol.